The Morgan fingerprint density at radius 2 is 1.85 bits per heavy atom. The van der Waals surface area contributed by atoms with Crippen LogP contribution >= 0.6 is 0 Å². The molecule has 1 fully saturated rings. The molecule has 198 valence electrons. The molecule has 1 aliphatic heterocycles. The zero-order valence-electron chi connectivity index (χ0n) is 22.4. The maximum absolute atomic E-state index is 13.9. The van der Waals surface area contributed by atoms with Crippen LogP contribution in [0.5, 0.6) is 5.88 Å². The van der Waals surface area contributed by atoms with Crippen molar-refractivity contribution in [2.75, 3.05) is 13.2 Å². The van der Waals surface area contributed by atoms with Gasteiger partial charge in [-0.25, -0.2) is 9.97 Å². The van der Waals surface area contributed by atoms with E-state index in [9.17, 15) is 10.1 Å². The lowest BCUT2D eigenvalue weighted by Gasteiger charge is -2.22. The van der Waals surface area contributed by atoms with Crippen molar-refractivity contribution >= 4 is 0 Å². The second-order valence-corrected chi connectivity index (χ2v) is 9.79. The molecule has 0 atom stereocenters. The smallest absolute Gasteiger partial charge is 0.261 e. The molecule has 2 aromatic heterocycles. The van der Waals surface area contributed by atoms with Crippen molar-refractivity contribution < 1.29 is 9.47 Å². The average molecular weight is 521 g/mol. The van der Waals surface area contributed by atoms with Gasteiger partial charge in [0.25, 0.3) is 5.56 Å². The predicted octanol–water partition coefficient (Wildman–Crippen LogP) is 5.58. The second kappa shape index (κ2) is 12.1. The van der Waals surface area contributed by atoms with Crippen molar-refractivity contribution in [3.63, 3.8) is 0 Å². The van der Waals surface area contributed by atoms with E-state index >= 15 is 0 Å². The monoisotopic (exact) mass is 520 g/mol. The molecule has 0 N–H and O–H groups in total. The van der Waals surface area contributed by atoms with Crippen molar-refractivity contribution in [2.24, 2.45) is 0 Å². The molecule has 5 rings (SSSR count). The standard InChI is InChI=1S/C32H32N4O3/c1-3-6-30-29(19-23-9-11-24(12-10-23)28-8-5-4-7-25(28)20-33)32(37)36(22(2)35-30)26-13-14-31(34-21-26)39-27-15-17-38-18-16-27/h4-5,7-14,21,27H,3,6,15-19H2,1-2H3. The zero-order valence-corrected chi connectivity index (χ0v) is 22.4. The minimum Gasteiger partial charge on any atom is -0.474 e. The lowest BCUT2D eigenvalue weighted by Crippen LogP contribution is -2.28. The Bertz CT molecular complexity index is 1530. The number of hydrogen-bond acceptors (Lipinski definition) is 6. The molecule has 7 heteroatoms. The third kappa shape index (κ3) is 5.92. The first-order valence-corrected chi connectivity index (χ1v) is 13.5. The van der Waals surface area contributed by atoms with Gasteiger partial charge in [-0.05, 0) is 42.2 Å². The third-order valence-corrected chi connectivity index (χ3v) is 7.04. The summed E-state index contributed by atoms with van der Waals surface area (Å²) in [5.74, 6) is 1.18. The van der Waals surface area contributed by atoms with Gasteiger partial charge < -0.3 is 9.47 Å². The number of nitriles is 1. The van der Waals surface area contributed by atoms with Crippen molar-refractivity contribution in [3.8, 4) is 28.8 Å². The summed E-state index contributed by atoms with van der Waals surface area (Å²) in [6.07, 6.45) is 5.57. The van der Waals surface area contributed by atoms with E-state index in [-0.39, 0.29) is 11.7 Å². The normalized spacial score (nSPS) is 13.7. The Kier molecular flexibility index (Phi) is 8.14. The zero-order chi connectivity index (χ0) is 27.2. The van der Waals surface area contributed by atoms with E-state index in [1.165, 1.54) is 0 Å². The Morgan fingerprint density at radius 3 is 2.54 bits per heavy atom. The minimum absolute atomic E-state index is 0.0789. The molecule has 1 saturated heterocycles. The van der Waals surface area contributed by atoms with Crippen LogP contribution in [0, 0.1) is 18.3 Å². The molecule has 0 aliphatic carbocycles. The SMILES string of the molecule is CCCc1nc(C)n(-c2ccc(OC3CCOCC3)nc2)c(=O)c1Cc1ccc(-c2ccccc2C#N)cc1. The van der Waals surface area contributed by atoms with Crippen LogP contribution in [-0.2, 0) is 17.6 Å². The number of pyridine rings is 1. The fraction of sp³-hybridized carbons (Fsp3) is 0.312. The van der Waals surface area contributed by atoms with E-state index in [1.54, 1.807) is 10.8 Å². The third-order valence-electron chi connectivity index (χ3n) is 7.04. The number of ether oxygens (including phenoxy) is 2. The summed E-state index contributed by atoms with van der Waals surface area (Å²) in [5.41, 5.74) is 5.63. The maximum atomic E-state index is 13.9. The molecule has 2 aromatic carbocycles. The number of hydrogen-bond donors (Lipinski definition) is 0. The highest BCUT2D eigenvalue weighted by molar-refractivity contribution is 5.70. The van der Waals surface area contributed by atoms with Gasteiger partial charge in [-0.3, -0.25) is 9.36 Å². The lowest BCUT2D eigenvalue weighted by atomic mass is 9.97. The Labute approximate surface area is 228 Å². The molecule has 0 unspecified atom stereocenters. The van der Waals surface area contributed by atoms with Crippen LogP contribution in [0.3, 0.4) is 0 Å². The summed E-state index contributed by atoms with van der Waals surface area (Å²) in [4.78, 5) is 23.2. The van der Waals surface area contributed by atoms with E-state index < -0.39 is 0 Å². The first-order chi connectivity index (χ1) is 19.1. The molecule has 0 amide bonds. The summed E-state index contributed by atoms with van der Waals surface area (Å²) < 4.78 is 13.0. The number of benzene rings is 2. The molecule has 1 aliphatic rings. The van der Waals surface area contributed by atoms with Crippen LogP contribution in [-0.4, -0.2) is 33.9 Å². The summed E-state index contributed by atoms with van der Waals surface area (Å²) in [5, 5.41) is 9.46. The molecular weight excluding hydrogens is 488 g/mol. The summed E-state index contributed by atoms with van der Waals surface area (Å²) in [7, 11) is 0. The van der Waals surface area contributed by atoms with Gasteiger partial charge in [0.2, 0.25) is 5.88 Å². The summed E-state index contributed by atoms with van der Waals surface area (Å²) >= 11 is 0. The number of nitrogens with zero attached hydrogens (tertiary/aromatic N) is 4. The minimum atomic E-state index is -0.0789. The van der Waals surface area contributed by atoms with Gasteiger partial charge in [0.05, 0.1) is 42.4 Å². The van der Waals surface area contributed by atoms with E-state index in [2.05, 4.69) is 18.0 Å². The van der Waals surface area contributed by atoms with E-state index in [1.807, 2.05) is 67.6 Å². The van der Waals surface area contributed by atoms with Crippen LogP contribution in [0.2, 0.25) is 0 Å². The van der Waals surface area contributed by atoms with Gasteiger partial charge in [0, 0.05) is 30.9 Å². The molecule has 0 saturated carbocycles. The molecule has 4 aromatic rings. The maximum Gasteiger partial charge on any atom is 0.261 e. The number of rotatable bonds is 8. The van der Waals surface area contributed by atoms with Crippen LogP contribution in [0.15, 0.2) is 71.7 Å². The van der Waals surface area contributed by atoms with Gasteiger partial charge in [-0.15, -0.1) is 0 Å². The van der Waals surface area contributed by atoms with Crippen LogP contribution in [0.25, 0.3) is 16.8 Å². The van der Waals surface area contributed by atoms with Crippen molar-refractivity contribution in [1.29, 1.82) is 5.26 Å². The van der Waals surface area contributed by atoms with Crippen molar-refractivity contribution in [2.45, 2.75) is 52.1 Å². The molecule has 0 bridgehead atoms. The summed E-state index contributed by atoms with van der Waals surface area (Å²) in [6.45, 7) is 5.35. The molecule has 7 nitrogen and oxygen atoms in total. The Morgan fingerprint density at radius 1 is 1.08 bits per heavy atom. The highest BCUT2D eigenvalue weighted by atomic mass is 16.5. The first-order valence-electron chi connectivity index (χ1n) is 13.5. The van der Waals surface area contributed by atoms with E-state index in [0.717, 1.165) is 48.1 Å². The molecule has 0 radical (unpaired) electrons. The van der Waals surface area contributed by atoms with Gasteiger partial charge in [0.1, 0.15) is 11.9 Å². The van der Waals surface area contributed by atoms with E-state index in [0.29, 0.717) is 48.2 Å². The van der Waals surface area contributed by atoms with Gasteiger partial charge in [0.15, 0.2) is 0 Å². The Balaban J connectivity index is 1.43. The van der Waals surface area contributed by atoms with Crippen LogP contribution < -0.4 is 10.3 Å². The molecular formula is C32H32N4O3. The molecule has 39 heavy (non-hydrogen) atoms. The van der Waals surface area contributed by atoms with Gasteiger partial charge >= 0.3 is 0 Å². The highest BCUT2D eigenvalue weighted by Crippen LogP contribution is 2.25. The summed E-state index contributed by atoms with van der Waals surface area (Å²) in [6, 6.07) is 21.6. The van der Waals surface area contributed by atoms with Crippen molar-refractivity contribution in [1.82, 2.24) is 14.5 Å². The van der Waals surface area contributed by atoms with Crippen LogP contribution in [0.4, 0.5) is 0 Å². The van der Waals surface area contributed by atoms with Crippen molar-refractivity contribution in [3.05, 3.63) is 105 Å². The van der Waals surface area contributed by atoms with Crippen LogP contribution in [0.1, 0.15) is 54.4 Å². The van der Waals surface area contributed by atoms with Gasteiger partial charge in [-0.1, -0.05) is 55.8 Å². The second-order valence-electron chi connectivity index (χ2n) is 9.79. The molecule has 0 spiro atoms. The fourth-order valence-corrected chi connectivity index (χ4v) is 5.02. The topological polar surface area (TPSA) is 90.0 Å². The Hall–Kier alpha value is -4.28. The lowest BCUT2D eigenvalue weighted by molar-refractivity contribution is 0.0237. The molecule has 3 heterocycles. The number of aromatic nitrogens is 3. The quantitative estimate of drug-likeness (QED) is 0.301. The number of aryl methyl sites for hydroxylation is 2. The highest BCUT2D eigenvalue weighted by Gasteiger charge is 2.18. The van der Waals surface area contributed by atoms with E-state index in [4.69, 9.17) is 14.5 Å². The van der Waals surface area contributed by atoms with Gasteiger partial charge in [-0.2, -0.15) is 5.26 Å². The average Bonchev–Trinajstić information content (AvgIpc) is 2.97. The predicted molar refractivity (Wildman–Crippen MR) is 150 cm³/mol. The fourth-order valence-electron chi connectivity index (χ4n) is 5.02. The first kappa shape index (κ1) is 26.3. The largest absolute Gasteiger partial charge is 0.474 e.